The van der Waals surface area contributed by atoms with Crippen molar-refractivity contribution in [2.75, 3.05) is 5.75 Å². The van der Waals surface area contributed by atoms with Crippen molar-refractivity contribution < 1.29 is 9.21 Å². The maximum atomic E-state index is 12.3. The molecule has 5 nitrogen and oxygen atoms in total. The average molecular weight is 388 g/mol. The number of carbonyl (C=O) groups is 1. The van der Waals surface area contributed by atoms with Gasteiger partial charge < -0.3 is 9.73 Å². The van der Waals surface area contributed by atoms with E-state index < -0.39 is 0 Å². The molecule has 1 N–H and O–H groups in total. The fraction of sp³-hybridized carbons (Fsp3) is 0.421. The third-order valence-corrected chi connectivity index (χ3v) is 6.90. The number of fused-ring (bicyclic) bond motifs is 3. The van der Waals surface area contributed by atoms with Crippen molar-refractivity contribution in [1.29, 1.82) is 0 Å². The topological polar surface area (TPSA) is 68.0 Å². The van der Waals surface area contributed by atoms with Crippen LogP contribution in [-0.4, -0.2) is 21.6 Å². The summed E-state index contributed by atoms with van der Waals surface area (Å²) in [6.45, 7) is 4.22. The fourth-order valence-corrected chi connectivity index (χ4v) is 5.63. The number of thiophene rings is 1. The minimum Gasteiger partial charge on any atom is -0.467 e. The van der Waals surface area contributed by atoms with Crippen LogP contribution in [0.4, 0.5) is 0 Å². The molecule has 3 aromatic heterocycles. The number of thioether (sulfide) groups is 1. The van der Waals surface area contributed by atoms with Gasteiger partial charge in [0.05, 0.1) is 18.1 Å². The minimum absolute atomic E-state index is 0.0246. The lowest BCUT2D eigenvalue weighted by atomic mass is 9.89. The van der Waals surface area contributed by atoms with E-state index in [2.05, 4.69) is 22.2 Å². The van der Waals surface area contributed by atoms with Crippen molar-refractivity contribution >= 4 is 39.2 Å². The van der Waals surface area contributed by atoms with Crippen LogP contribution in [0.5, 0.6) is 0 Å². The summed E-state index contributed by atoms with van der Waals surface area (Å²) in [4.78, 5) is 23.7. The van der Waals surface area contributed by atoms with Crippen LogP contribution in [0.1, 0.15) is 42.5 Å². The van der Waals surface area contributed by atoms with Crippen LogP contribution < -0.4 is 5.32 Å². The van der Waals surface area contributed by atoms with E-state index in [9.17, 15) is 4.79 Å². The maximum absolute atomic E-state index is 12.3. The number of carbonyl (C=O) groups excluding carboxylic acids is 1. The van der Waals surface area contributed by atoms with E-state index >= 15 is 0 Å². The number of amides is 1. The number of aryl methyl sites for hydroxylation is 1. The largest absolute Gasteiger partial charge is 0.467 e. The standard InChI is InChI=1S/C19H21N3O2S2/c1-11-5-6-13-15(8-11)26-19-17(13)18(20-10-21-19)25-9-16(23)22-12(2)14-4-3-7-24-14/h3-4,7,10-12H,5-6,8-9H2,1-2H3,(H,22,23)/t11-,12+/m1/s1. The Bertz CT molecular complexity index is 920. The van der Waals surface area contributed by atoms with E-state index in [4.69, 9.17) is 4.42 Å². The molecule has 2 atom stereocenters. The van der Waals surface area contributed by atoms with Crippen LogP contribution in [-0.2, 0) is 17.6 Å². The summed E-state index contributed by atoms with van der Waals surface area (Å²) in [6.07, 6.45) is 6.64. The maximum Gasteiger partial charge on any atom is 0.230 e. The first kappa shape index (κ1) is 17.5. The van der Waals surface area contributed by atoms with Crippen molar-refractivity contribution in [1.82, 2.24) is 15.3 Å². The Morgan fingerprint density at radius 3 is 3.19 bits per heavy atom. The molecule has 1 aliphatic carbocycles. The third-order valence-electron chi connectivity index (χ3n) is 4.74. The summed E-state index contributed by atoms with van der Waals surface area (Å²) in [5, 5.41) is 5.05. The molecular formula is C19H21N3O2S2. The summed E-state index contributed by atoms with van der Waals surface area (Å²) >= 11 is 3.27. The Balaban J connectivity index is 1.48. The molecule has 136 valence electrons. The van der Waals surface area contributed by atoms with Gasteiger partial charge in [0.25, 0.3) is 0 Å². The molecule has 0 aliphatic heterocycles. The lowest BCUT2D eigenvalue weighted by Gasteiger charge is -2.18. The number of nitrogens with zero attached hydrogens (tertiary/aromatic N) is 2. The molecule has 0 fully saturated rings. The van der Waals surface area contributed by atoms with Crippen molar-refractivity contribution in [3.63, 3.8) is 0 Å². The van der Waals surface area contributed by atoms with Gasteiger partial charge in [-0.1, -0.05) is 18.7 Å². The zero-order chi connectivity index (χ0) is 18.1. The molecule has 0 unspecified atom stereocenters. The zero-order valence-corrected chi connectivity index (χ0v) is 16.5. The summed E-state index contributed by atoms with van der Waals surface area (Å²) < 4.78 is 5.34. The highest BCUT2D eigenvalue weighted by molar-refractivity contribution is 8.00. The normalized spacial score (nSPS) is 17.8. The Kier molecular flexibility index (Phi) is 5.00. The van der Waals surface area contributed by atoms with E-state index in [1.165, 1.54) is 28.6 Å². The molecule has 0 saturated carbocycles. The van der Waals surface area contributed by atoms with Gasteiger partial charge in [0.15, 0.2) is 0 Å². The number of furan rings is 1. The fourth-order valence-electron chi connectivity index (χ4n) is 3.38. The Morgan fingerprint density at radius 1 is 1.50 bits per heavy atom. The molecule has 0 bridgehead atoms. The number of nitrogens with one attached hydrogen (secondary N) is 1. The molecule has 7 heteroatoms. The molecule has 0 saturated heterocycles. The number of hydrogen-bond donors (Lipinski definition) is 1. The molecule has 3 aromatic rings. The highest BCUT2D eigenvalue weighted by Gasteiger charge is 2.23. The van der Waals surface area contributed by atoms with Crippen LogP contribution in [0.3, 0.4) is 0 Å². The molecule has 0 aromatic carbocycles. The van der Waals surface area contributed by atoms with E-state index in [1.807, 2.05) is 19.1 Å². The summed E-state index contributed by atoms with van der Waals surface area (Å²) in [6, 6.07) is 3.55. The second-order valence-corrected chi connectivity index (χ2v) is 8.85. The van der Waals surface area contributed by atoms with Crippen molar-refractivity contribution in [3.05, 3.63) is 40.9 Å². The summed E-state index contributed by atoms with van der Waals surface area (Å²) in [7, 11) is 0. The van der Waals surface area contributed by atoms with Crippen LogP contribution >= 0.6 is 23.1 Å². The van der Waals surface area contributed by atoms with Crippen molar-refractivity contribution in [3.8, 4) is 0 Å². The molecule has 1 aliphatic rings. The highest BCUT2D eigenvalue weighted by Crippen LogP contribution is 2.40. The van der Waals surface area contributed by atoms with Gasteiger partial charge >= 0.3 is 0 Å². The lowest BCUT2D eigenvalue weighted by molar-refractivity contribution is -0.119. The third kappa shape index (κ3) is 3.50. The first-order chi connectivity index (χ1) is 12.6. The van der Waals surface area contributed by atoms with Gasteiger partial charge in [0, 0.05) is 10.3 Å². The Labute approximate surface area is 160 Å². The molecule has 26 heavy (non-hydrogen) atoms. The van der Waals surface area contributed by atoms with E-state index in [1.54, 1.807) is 23.9 Å². The zero-order valence-electron chi connectivity index (χ0n) is 14.8. The SMILES string of the molecule is C[C@@H]1CCc2c(sc3ncnc(SCC(=O)N[C@@H](C)c4ccco4)c23)C1. The van der Waals surface area contributed by atoms with E-state index in [-0.39, 0.29) is 11.9 Å². The Hall–Kier alpha value is -1.86. The van der Waals surface area contributed by atoms with Crippen LogP contribution in [0.25, 0.3) is 10.2 Å². The number of rotatable bonds is 5. The predicted molar refractivity (Wildman–Crippen MR) is 105 cm³/mol. The summed E-state index contributed by atoms with van der Waals surface area (Å²) in [5.41, 5.74) is 1.40. The van der Waals surface area contributed by atoms with Gasteiger partial charge in [-0.05, 0) is 49.8 Å². The van der Waals surface area contributed by atoms with E-state index in [0.717, 1.165) is 39.8 Å². The second kappa shape index (κ2) is 7.40. The first-order valence-corrected chi connectivity index (χ1v) is 10.6. The van der Waals surface area contributed by atoms with Gasteiger partial charge in [-0.15, -0.1) is 11.3 Å². The Morgan fingerprint density at radius 2 is 2.38 bits per heavy atom. The van der Waals surface area contributed by atoms with Gasteiger partial charge in [-0.2, -0.15) is 0 Å². The van der Waals surface area contributed by atoms with Gasteiger partial charge in [-0.3, -0.25) is 4.79 Å². The number of aromatic nitrogens is 2. The van der Waals surface area contributed by atoms with Crippen LogP contribution in [0, 0.1) is 5.92 Å². The monoisotopic (exact) mass is 387 g/mol. The van der Waals surface area contributed by atoms with Crippen LogP contribution in [0.15, 0.2) is 34.2 Å². The molecule has 0 radical (unpaired) electrons. The molecule has 3 heterocycles. The smallest absolute Gasteiger partial charge is 0.230 e. The van der Waals surface area contributed by atoms with Gasteiger partial charge in [-0.25, -0.2) is 9.97 Å². The molecule has 1 amide bonds. The summed E-state index contributed by atoms with van der Waals surface area (Å²) in [5.74, 6) is 1.80. The minimum atomic E-state index is -0.140. The average Bonchev–Trinajstić information content (AvgIpc) is 3.27. The van der Waals surface area contributed by atoms with Gasteiger partial charge in [0.2, 0.25) is 5.91 Å². The lowest BCUT2D eigenvalue weighted by Crippen LogP contribution is -2.27. The van der Waals surface area contributed by atoms with Crippen LogP contribution in [0.2, 0.25) is 0 Å². The molecule has 0 spiro atoms. The van der Waals surface area contributed by atoms with Gasteiger partial charge in [0.1, 0.15) is 21.9 Å². The van der Waals surface area contributed by atoms with E-state index in [0.29, 0.717) is 5.75 Å². The number of hydrogen-bond acceptors (Lipinski definition) is 6. The quantitative estimate of drug-likeness (QED) is 0.520. The predicted octanol–water partition coefficient (Wildman–Crippen LogP) is 4.38. The van der Waals surface area contributed by atoms with Crippen molar-refractivity contribution in [2.24, 2.45) is 5.92 Å². The molecule has 4 rings (SSSR count). The highest BCUT2D eigenvalue weighted by atomic mass is 32.2. The first-order valence-electron chi connectivity index (χ1n) is 8.82. The molecular weight excluding hydrogens is 366 g/mol. The van der Waals surface area contributed by atoms with Crippen molar-refractivity contribution in [2.45, 2.75) is 44.2 Å². The second-order valence-electron chi connectivity index (χ2n) is 6.80.